The highest BCUT2D eigenvalue weighted by atomic mass is 15.0. The Labute approximate surface area is 327 Å². The Morgan fingerprint density at radius 1 is 0.429 bits per heavy atom. The van der Waals surface area contributed by atoms with Crippen LogP contribution >= 0.6 is 0 Å². The molecule has 0 aliphatic heterocycles. The first-order valence-electron chi connectivity index (χ1n) is 20.2. The first kappa shape index (κ1) is 31.9. The molecule has 12 rings (SSSR count). The van der Waals surface area contributed by atoms with Gasteiger partial charge < -0.3 is 9.13 Å². The standard InChI is InChI=1S/C54H42N2/c1-53(2)41-23-11-5-17-33(41)37-29-31-47-49(51(37)53)39-21-9-15-27-45(39)55(47)43-25-13-7-19-35(43)36-20-8-14-26-44(36)56-46-28-16-10-22-40(46)50-48(56)32-30-38-34-18-6-12-24-42(34)54(3,4)52(38)50/h5-11,13-23,25-32H,12,24H2,1-4H3. The Bertz CT molecular complexity index is 3240. The van der Waals surface area contributed by atoms with Crippen molar-refractivity contribution in [3.63, 3.8) is 0 Å². The summed E-state index contributed by atoms with van der Waals surface area (Å²) in [6, 6.07) is 54.7. The van der Waals surface area contributed by atoms with Crippen LogP contribution in [-0.2, 0) is 10.8 Å². The topological polar surface area (TPSA) is 9.86 Å². The van der Waals surface area contributed by atoms with Crippen molar-refractivity contribution in [2.75, 3.05) is 0 Å². The van der Waals surface area contributed by atoms with Crippen molar-refractivity contribution in [3.8, 4) is 33.6 Å². The second-order valence-corrected chi connectivity index (χ2v) is 17.1. The normalized spacial score (nSPS) is 16.2. The molecule has 2 heterocycles. The number of aromatic nitrogens is 2. The Morgan fingerprint density at radius 2 is 0.929 bits per heavy atom. The number of rotatable bonds is 3. The molecule has 0 saturated heterocycles. The summed E-state index contributed by atoms with van der Waals surface area (Å²) in [5, 5.41) is 5.36. The lowest BCUT2D eigenvalue weighted by Gasteiger charge is -2.26. The smallest absolute Gasteiger partial charge is 0.0544 e. The van der Waals surface area contributed by atoms with Crippen molar-refractivity contribution < 1.29 is 0 Å². The van der Waals surface area contributed by atoms with Gasteiger partial charge in [-0.2, -0.15) is 0 Å². The molecule has 0 atom stereocenters. The van der Waals surface area contributed by atoms with Crippen molar-refractivity contribution in [3.05, 3.63) is 186 Å². The third kappa shape index (κ3) is 3.96. The maximum atomic E-state index is 2.54. The van der Waals surface area contributed by atoms with Gasteiger partial charge in [-0.25, -0.2) is 0 Å². The minimum absolute atomic E-state index is 0.0390. The van der Waals surface area contributed by atoms with Gasteiger partial charge in [-0.15, -0.1) is 0 Å². The van der Waals surface area contributed by atoms with E-state index in [9.17, 15) is 0 Å². The molecule has 0 bridgehead atoms. The van der Waals surface area contributed by atoms with E-state index in [0.29, 0.717) is 0 Å². The summed E-state index contributed by atoms with van der Waals surface area (Å²) < 4.78 is 5.07. The monoisotopic (exact) mass is 718 g/mol. The molecule has 9 aromatic rings. The van der Waals surface area contributed by atoms with E-state index in [1.165, 1.54) is 105 Å². The van der Waals surface area contributed by atoms with Crippen molar-refractivity contribution >= 4 is 49.2 Å². The van der Waals surface area contributed by atoms with Gasteiger partial charge in [0.25, 0.3) is 0 Å². The SMILES string of the molecule is CC1(C)C2=C(C=CCC2)c2ccc3c(c21)c1ccccc1n3-c1ccccc1-c1ccccc1-n1c2ccccc2c2c3c(ccc21)-c1ccccc1C3(C)C. The van der Waals surface area contributed by atoms with Crippen LogP contribution in [0.25, 0.3) is 82.8 Å². The van der Waals surface area contributed by atoms with Gasteiger partial charge in [0.2, 0.25) is 0 Å². The summed E-state index contributed by atoms with van der Waals surface area (Å²) in [5.74, 6) is 0. The van der Waals surface area contributed by atoms with Gasteiger partial charge in [0.15, 0.2) is 0 Å². The van der Waals surface area contributed by atoms with Crippen LogP contribution in [0, 0.1) is 0 Å². The fraction of sp³-hybridized carbons (Fsp3) is 0.148. The molecule has 2 aromatic heterocycles. The van der Waals surface area contributed by atoms with Gasteiger partial charge in [0.1, 0.15) is 0 Å². The van der Waals surface area contributed by atoms with Crippen molar-refractivity contribution in [2.45, 2.75) is 51.4 Å². The van der Waals surface area contributed by atoms with E-state index >= 15 is 0 Å². The van der Waals surface area contributed by atoms with Crippen molar-refractivity contribution in [1.29, 1.82) is 0 Å². The maximum absolute atomic E-state index is 2.54. The van der Waals surface area contributed by atoms with Crippen molar-refractivity contribution in [2.24, 2.45) is 0 Å². The number of allylic oxidation sites excluding steroid dienone is 4. The van der Waals surface area contributed by atoms with Gasteiger partial charge in [0, 0.05) is 43.5 Å². The molecule has 268 valence electrons. The first-order chi connectivity index (χ1) is 27.4. The molecule has 7 aromatic carbocycles. The summed E-state index contributed by atoms with van der Waals surface area (Å²) in [4.78, 5) is 0. The zero-order valence-electron chi connectivity index (χ0n) is 32.3. The van der Waals surface area contributed by atoms with E-state index < -0.39 is 0 Å². The van der Waals surface area contributed by atoms with E-state index in [1.54, 1.807) is 5.57 Å². The lowest BCUT2D eigenvalue weighted by molar-refractivity contribution is 0.612. The largest absolute Gasteiger partial charge is 0.309 e. The van der Waals surface area contributed by atoms with Gasteiger partial charge in [-0.1, -0.05) is 155 Å². The first-order valence-corrected chi connectivity index (χ1v) is 20.2. The fourth-order valence-corrected chi connectivity index (χ4v) is 11.3. The Balaban J connectivity index is 1.13. The fourth-order valence-electron chi connectivity index (χ4n) is 11.3. The number of benzene rings is 7. The van der Waals surface area contributed by atoms with E-state index in [1.807, 2.05) is 0 Å². The molecular weight excluding hydrogens is 677 g/mol. The molecule has 2 heteroatoms. The number of hydrogen-bond donors (Lipinski definition) is 0. The minimum atomic E-state index is -0.122. The van der Waals surface area contributed by atoms with Crippen LogP contribution in [0.15, 0.2) is 163 Å². The number of para-hydroxylation sites is 4. The van der Waals surface area contributed by atoms with Crippen LogP contribution in [-0.4, -0.2) is 9.13 Å². The molecule has 0 amide bonds. The van der Waals surface area contributed by atoms with E-state index in [-0.39, 0.29) is 10.8 Å². The van der Waals surface area contributed by atoms with Crippen LogP contribution in [0.5, 0.6) is 0 Å². The minimum Gasteiger partial charge on any atom is -0.309 e. The summed E-state index contributed by atoms with van der Waals surface area (Å²) in [6.45, 7) is 9.70. The molecular formula is C54H42N2. The number of hydrogen-bond acceptors (Lipinski definition) is 0. The second-order valence-electron chi connectivity index (χ2n) is 17.1. The maximum Gasteiger partial charge on any atom is 0.0544 e. The van der Waals surface area contributed by atoms with Crippen LogP contribution in [0.4, 0.5) is 0 Å². The van der Waals surface area contributed by atoms with Crippen molar-refractivity contribution in [1.82, 2.24) is 9.13 Å². The highest BCUT2D eigenvalue weighted by Gasteiger charge is 2.40. The van der Waals surface area contributed by atoms with Crippen LogP contribution in [0.1, 0.15) is 62.8 Å². The zero-order valence-corrected chi connectivity index (χ0v) is 32.3. The van der Waals surface area contributed by atoms with Gasteiger partial charge >= 0.3 is 0 Å². The Morgan fingerprint density at radius 3 is 1.55 bits per heavy atom. The summed E-state index contributed by atoms with van der Waals surface area (Å²) in [5.41, 5.74) is 21.1. The van der Waals surface area contributed by atoms with Crippen LogP contribution in [0.3, 0.4) is 0 Å². The second kappa shape index (κ2) is 11.1. The van der Waals surface area contributed by atoms with Gasteiger partial charge in [-0.05, 0) is 88.2 Å². The molecule has 0 saturated carbocycles. The average molecular weight is 719 g/mol. The Kier molecular flexibility index (Phi) is 6.33. The average Bonchev–Trinajstić information content (AvgIpc) is 3.89. The van der Waals surface area contributed by atoms with Gasteiger partial charge in [-0.3, -0.25) is 0 Å². The molecule has 3 aliphatic rings. The highest BCUT2D eigenvalue weighted by molar-refractivity contribution is 6.16. The third-order valence-corrected chi connectivity index (χ3v) is 13.6. The predicted octanol–water partition coefficient (Wildman–Crippen LogP) is 14.2. The molecule has 0 N–H and O–H groups in total. The summed E-state index contributed by atoms with van der Waals surface area (Å²) >= 11 is 0. The molecule has 0 radical (unpaired) electrons. The quantitative estimate of drug-likeness (QED) is 0.172. The molecule has 0 spiro atoms. The van der Waals surface area contributed by atoms with E-state index in [0.717, 1.165) is 12.8 Å². The zero-order chi connectivity index (χ0) is 37.5. The summed E-state index contributed by atoms with van der Waals surface area (Å²) in [7, 11) is 0. The molecule has 3 aliphatic carbocycles. The number of fused-ring (bicyclic) bond motifs is 13. The summed E-state index contributed by atoms with van der Waals surface area (Å²) in [6.07, 6.45) is 6.99. The third-order valence-electron chi connectivity index (χ3n) is 13.6. The van der Waals surface area contributed by atoms with Crippen LogP contribution in [0.2, 0.25) is 0 Å². The highest BCUT2D eigenvalue weighted by Crippen LogP contribution is 2.56. The van der Waals surface area contributed by atoms with E-state index in [2.05, 4.69) is 195 Å². The van der Waals surface area contributed by atoms with Gasteiger partial charge in [0.05, 0.1) is 33.4 Å². The number of nitrogens with zero attached hydrogens (tertiary/aromatic N) is 2. The molecule has 0 fully saturated rings. The Hall–Kier alpha value is -6.38. The molecule has 0 unspecified atom stereocenters. The van der Waals surface area contributed by atoms with E-state index in [4.69, 9.17) is 0 Å². The lowest BCUT2D eigenvalue weighted by atomic mass is 9.77. The predicted molar refractivity (Wildman–Crippen MR) is 236 cm³/mol. The lowest BCUT2D eigenvalue weighted by Crippen LogP contribution is -2.18. The molecule has 2 nitrogen and oxygen atoms in total. The molecule has 56 heavy (non-hydrogen) atoms. The van der Waals surface area contributed by atoms with Crippen LogP contribution < -0.4 is 0 Å².